The Morgan fingerprint density at radius 2 is 1.62 bits per heavy atom. The van der Waals surface area contributed by atoms with Gasteiger partial charge in [-0.15, -0.1) is 0 Å². The molecule has 5 nitrogen and oxygen atoms in total. The van der Waals surface area contributed by atoms with Gasteiger partial charge in [0.2, 0.25) is 0 Å². The zero-order valence-corrected chi connectivity index (χ0v) is 16.5. The monoisotopic (exact) mass is 376 g/mol. The van der Waals surface area contributed by atoms with Gasteiger partial charge in [0.25, 0.3) is 10.0 Å². The number of anilines is 1. The normalized spacial score (nSPS) is 13.0. The van der Waals surface area contributed by atoms with Crippen LogP contribution in [0.2, 0.25) is 0 Å². The molecule has 26 heavy (non-hydrogen) atoms. The summed E-state index contributed by atoms with van der Waals surface area (Å²) in [6, 6.07) is 15.7. The van der Waals surface area contributed by atoms with Crippen LogP contribution in [0, 0.1) is 6.92 Å². The van der Waals surface area contributed by atoms with Crippen LogP contribution in [0.4, 0.5) is 5.69 Å². The third kappa shape index (κ3) is 5.06. The molecule has 2 aromatic carbocycles. The molecule has 6 heteroatoms. The fourth-order valence-corrected chi connectivity index (χ4v) is 4.39. The third-order valence-corrected chi connectivity index (χ3v) is 6.17. The number of sulfonamides is 1. The van der Waals surface area contributed by atoms with E-state index in [4.69, 9.17) is 0 Å². The Morgan fingerprint density at radius 1 is 0.962 bits per heavy atom. The number of likely N-dealkylation sites (N-methyl/N-ethyl adjacent to an activating group) is 1. The zero-order valence-electron chi connectivity index (χ0n) is 15.7. The van der Waals surface area contributed by atoms with E-state index in [1.165, 1.54) is 4.31 Å². The highest BCUT2D eigenvalue weighted by Crippen LogP contribution is 2.25. The molecule has 0 aliphatic carbocycles. The number of aliphatic hydroxyl groups excluding tert-OH is 1. The highest BCUT2D eigenvalue weighted by atomic mass is 32.2. The number of aliphatic hydroxyl groups is 1. The van der Waals surface area contributed by atoms with Crippen molar-refractivity contribution in [2.45, 2.75) is 31.8 Å². The number of hydrogen-bond donors (Lipinski definition) is 1. The second-order valence-corrected chi connectivity index (χ2v) is 8.19. The first-order valence-corrected chi connectivity index (χ1v) is 10.4. The van der Waals surface area contributed by atoms with Gasteiger partial charge in [-0.05, 0) is 49.8 Å². The first-order chi connectivity index (χ1) is 12.4. The first-order valence-electron chi connectivity index (χ1n) is 8.93. The number of rotatable bonds is 9. The lowest BCUT2D eigenvalue weighted by molar-refractivity contribution is 0.125. The van der Waals surface area contributed by atoms with Crippen LogP contribution in [-0.2, 0) is 10.0 Å². The maximum absolute atomic E-state index is 13.2. The summed E-state index contributed by atoms with van der Waals surface area (Å²) >= 11 is 0. The van der Waals surface area contributed by atoms with Crippen LogP contribution < -0.4 is 4.31 Å². The van der Waals surface area contributed by atoms with Crippen molar-refractivity contribution in [1.82, 2.24) is 4.90 Å². The van der Waals surface area contributed by atoms with E-state index in [1.807, 2.05) is 39.0 Å². The molecular formula is C20H28N2O3S. The lowest BCUT2D eigenvalue weighted by atomic mass is 10.2. The molecule has 2 aromatic rings. The molecule has 0 unspecified atom stereocenters. The minimum atomic E-state index is -3.76. The van der Waals surface area contributed by atoms with Crippen LogP contribution in [0.25, 0.3) is 0 Å². The van der Waals surface area contributed by atoms with Gasteiger partial charge in [0.15, 0.2) is 0 Å². The molecule has 0 aliphatic rings. The van der Waals surface area contributed by atoms with Crippen LogP contribution in [0.5, 0.6) is 0 Å². The van der Waals surface area contributed by atoms with E-state index in [0.29, 0.717) is 12.2 Å². The quantitative estimate of drug-likeness (QED) is 0.731. The number of nitrogens with zero attached hydrogens (tertiary/aromatic N) is 2. The van der Waals surface area contributed by atoms with Crippen molar-refractivity contribution >= 4 is 15.7 Å². The maximum atomic E-state index is 13.2. The van der Waals surface area contributed by atoms with Crippen molar-refractivity contribution in [2.75, 3.05) is 30.5 Å². The van der Waals surface area contributed by atoms with E-state index in [0.717, 1.165) is 18.7 Å². The summed E-state index contributed by atoms with van der Waals surface area (Å²) < 4.78 is 27.7. The second-order valence-electron chi connectivity index (χ2n) is 6.33. The Bertz CT molecular complexity index is 790. The van der Waals surface area contributed by atoms with Gasteiger partial charge in [-0.25, -0.2) is 8.42 Å². The number of benzene rings is 2. The van der Waals surface area contributed by atoms with Crippen LogP contribution in [0.1, 0.15) is 19.4 Å². The van der Waals surface area contributed by atoms with E-state index in [-0.39, 0.29) is 11.4 Å². The molecule has 1 N–H and O–H groups in total. The summed E-state index contributed by atoms with van der Waals surface area (Å²) in [6.07, 6.45) is -0.783. The van der Waals surface area contributed by atoms with Gasteiger partial charge < -0.3 is 10.0 Å². The zero-order chi connectivity index (χ0) is 19.2. The van der Waals surface area contributed by atoms with Crippen LogP contribution in [0.3, 0.4) is 0 Å². The Labute approximate surface area is 156 Å². The summed E-state index contributed by atoms with van der Waals surface area (Å²) in [5.41, 5.74) is 1.53. The van der Waals surface area contributed by atoms with Gasteiger partial charge in [-0.1, -0.05) is 44.2 Å². The predicted molar refractivity (Wildman–Crippen MR) is 106 cm³/mol. The molecule has 0 aromatic heterocycles. The molecule has 0 heterocycles. The molecule has 0 fully saturated rings. The van der Waals surface area contributed by atoms with Gasteiger partial charge in [0.1, 0.15) is 0 Å². The highest BCUT2D eigenvalue weighted by Gasteiger charge is 2.27. The van der Waals surface area contributed by atoms with E-state index >= 15 is 0 Å². The van der Waals surface area contributed by atoms with Gasteiger partial charge in [0, 0.05) is 6.54 Å². The van der Waals surface area contributed by atoms with Gasteiger partial charge in [0.05, 0.1) is 23.2 Å². The fraction of sp³-hybridized carbons (Fsp3) is 0.400. The first kappa shape index (κ1) is 20.4. The van der Waals surface area contributed by atoms with Crippen molar-refractivity contribution < 1.29 is 13.5 Å². The second kappa shape index (κ2) is 9.16. The third-order valence-electron chi connectivity index (χ3n) is 4.36. The minimum Gasteiger partial charge on any atom is -0.390 e. The molecule has 0 radical (unpaired) electrons. The van der Waals surface area contributed by atoms with Gasteiger partial charge in [-0.2, -0.15) is 0 Å². The summed E-state index contributed by atoms with van der Waals surface area (Å²) in [6.45, 7) is 8.03. The molecule has 142 valence electrons. The molecule has 2 rings (SSSR count). The predicted octanol–water partition coefficient (Wildman–Crippen LogP) is 2.89. The smallest absolute Gasteiger partial charge is 0.264 e. The molecule has 1 atom stereocenters. The number of hydrogen-bond acceptors (Lipinski definition) is 4. The Kier molecular flexibility index (Phi) is 7.20. The molecule has 0 bridgehead atoms. The van der Waals surface area contributed by atoms with Gasteiger partial charge in [-0.3, -0.25) is 4.31 Å². The average Bonchev–Trinajstić information content (AvgIpc) is 2.64. The molecule has 0 aliphatic heterocycles. The van der Waals surface area contributed by atoms with Crippen molar-refractivity contribution in [2.24, 2.45) is 0 Å². The number of aryl methyl sites for hydroxylation is 1. The van der Waals surface area contributed by atoms with Crippen molar-refractivity contribution in [3.8, 4) is 0 Å². The van der Waals surface area contributed by atoms with E-state index in [9.17, 15) is 13.5 Å². The van der Waals surface area contributed by atoms with E-state index in [1.54, 1.807) is 36.4 Å². The van der Waals surface area contributed by atoms with Crippen LogP contribution >= 0.6 is 0 Å². The lowest BCUT2D eigenvalue weighted by Gasteiger charge is -2.29. The molecule has 0 amide bonds. The molecular weight excluding hydrogens is 348 g/mol. The van der Waals surface area contributed by atoms with E-state index < -0.39 is 16.1 Å². The average molecular weight is 377 g/mol. The maximum Gasteiger partial charge on any atom is 0.264 e. The summed E-state index contributed by atoms with van der Waals surface area (Å²) in [5, 5.41) is 10.5. The van der Waals surface area contributed by atoms with Gasteiger partial charge >= 0.3 is 0 Å². The minimum absolute atomic E-state index is 0.0111. The Balaban J connectivity index is 2.37. The Morgan fingerprint density at radius 3 is 2.19 bits per heavy atom. The summed E-state index contributed by atoms with van der Waals surface area (Å²) in [5.74, 6) is 0. The summed E-state index contributed by atoms with van der Waals surface area (Å²) in [4.78, 5) is 2.30. The van der Waals surface area contributed by atoms with Crippen molar-refractivity contribution in [3.05, 3.63) is 60.2 Å². The lowest BCUT2D eigenvalue weighted by Crippen LogP contribution is -2.43. The topological polar surface area (TPSA) is 60.9 Å². The summed E-state index contributed by atoms with van der Waals surface area (Å²) in [7, 11) is -3.76. The van der Waals surface area contributed by atoms with Crippen molar-refractivity contribution in [3.63, 3.8) is 0 Å². The molecule has 0 saturated heterocycles. The standard InChI is InChI=1S/C20H28N2O3S/c1-4-21(5-2)15-19(23)16-22(18-11-9-10-17(3)14-18)26(24,25)20-12-7-6-8-13-20/h6-14,19,23H,4-5,15-16H2,1-3H3/t19-/m1/s1. The highest BCUT2D eigenvalue weighted by molar-refractivity contribution is 7.92. The molecule has 0 saturated carbocycles. The SMILES string of the molecule is CCN(CC)C[C@@H](O)CN(c1cccc(C)c1)S(=O)(=O)c1ccccc1. The van der Waals surface area contributed by atoms with Crippen LogP contribution in [0.15, 0.2) is 59.5 Å². The fourth-order valence-electron chi connectivity index (χ4n) is 2.87. The Hall–Kier alpha value is -1.89. The largest absolute Gasteiger partial charge is 0.390 e. The van der Waals surface area contributed by atoms with Crippen molar-refractivity contribution in [1.29, 1.82) is 0 Å². The van der Waals surface area contributed by atoms with Crippen LogP contribution in [-0.4, -0.2) is 50.7 Å². The van der Waals surface area contributed by atoms with E-state index in [2.05, 4.69) is 4.90 Å². The molecule has 0 spiro atoms.